The Balaban J connectivity index is 3.13. The number of hydrogen-bond acceptors (Lipinski definition) is 2. The van der Waals surface area contributed by atoms with Gasteiger partial charge in [-0.2, -0.15) is 0 Å². The first-order valence-corrected chi connectivity index (χ1v) is 5.89. The van der Waals surface area contributed by atoms with Gasteiger partial charge in [0, 0.05) is 22.7 Å². The lowest BCUT2D eigenvalue weighted by molar-refractivity contribution is -0.0359. The summed E-state index contributed by atoms with van der Waals surface area (Å²) in [6.07, 6.45) is -1.14. The van der Waals surface area contributed by atoms with E-state index >= 15 is 0 Å². The van der Waals surface area contributed by atoms with Crippen LogP contribution in [0.4, 0.5) is 0 Å². The molecular formula is C12H16Cl2O2. The van der Waals surface area contributed by atoms with Crippen molar-refractivity contribution in [3.63, 3.8) is 0 Å². The number of rotatable bonds is 4. The zero-order valence-electron chi connectivity index (χ0n) is 9.58. The SMILES string of the molecule is CO[C@H](c1c(Cl)cccc1Cl)[C@H](O)C(C)C. The van der Waals surface area contributed by atoms with E-state index in [2.05, 4.69) is 0 Å². The van der Waals surface area contributed by atoms with E-state index in [0.29, 0.717) is 15.6 Å². The topological polar surface area (TPSA) is 29.5 Å². The van der Waals surface area contributed by atoms with Crippen molar-refractivity contribution in [3.05, 3.63) is 33.8 Å². The normalized spacial score (nSPS) is 15.2. The van der Waals surface area contributed by atoms with Crippen LogP contribution in [0.2, 0.25) is 10.0 Å². The third-order valence-electron chi connectivity index (χ3n) is 2.53. The Labute approximate surface area is 106 Å². The van der Waals surface area contributed by atoms with Gasteiger partial charge in [0.2, 0.25) is 0 Å². The first-order valence-electron chi connectivity index (χ1n) is 5.13. The summed E-state index contributed by atoms with van der Waals surface area (Å²) in [6.45, 7) is 3.84. The molecular weight excluding hydrogens is 247 g/mol. The number of hydrogen-bond donors (Lipinski definition) is 1. The molecule has 2 nitrogen and oxygen atoms in total. The van der Waals surface area contributed by atoms with Crippen LogP contribution in [0, 0.1) is 5.92 Å². The van der Waals surface area contributed by atoms with E-state index in [1.54, 1.807) is 18.2 Å². The highest BCUT2D eigenvalue weighted by Crippen LogP contribution is 2.35. The van der Waals surface area contributed by atoms with Gasteiger partial charge in [0.15, 0.2) is 0 Å². The van der Waals surface area contributed by atoms with Crippen LogP contribution in [-0.4, -0.2) is 18.3 Å². The molecule has 1 rings (SSSR count). The number of aliphatic hydroxyl groups excluding tert-OH is 1. The molecule has 4 heteroatoms. The lowest BCUT2D eigenvalue weighted by Gasteiger charge is -2.26. The Morgan fingerprint density at radius 3 is 2.06 bits per heavy atom. The van der Waals surface area contributed by atoms with Gasteiger partial charge in [-0.25, -0.2) is 0 Å². The van der Waals surface area contributed by atoms with E-state index < -0.39 is 12.2 Å². The summed E-state index contributed by atoms with van der Waals surface area (Å²) in [7, 11) is 1.54. The van der Waals surface area contributed by atoms with Crippen molar-refractivity contribution in [2.45, 2.75) is 26.1 Å². The molecule has 2 atom stereocenters. The lowest BCUT2D eigenvalue weighted by Crippen LogP contribution is -2.26. The van der Waals surface area contributed by atoms with Crippen LogP contribution >= 0.6 is 23.2 Å². The van der Waals surface area contributed by atoms with Gasteiger partial charge in [0.1, 0.15) is 6.10 Å². The third kappa shape index (κ3) is 2.89. The molecule has 0 unspecified atom stereocenters. The monoisotopic (exact) mass is 262 g/mol. The summed E-state index contributed by atoms with van der Waals surface area (Å²) < 4.78 is 5.30. The summed E-state index contributed by atoms with van der Waals surface area (Å²) in [5, 5.41) is 11.1. The van der Waals surface area contributed by atoms with Gasteiger partial charge in [0.25, 0.3) is 0 Å². The van der Waals surface area contributed by atoms with E-state index in [1.165, 1.54) is 7.11 Å². The standard InChI is InChI=1S/C12H16Cl2O2/c1-7(2)11(15)12(16-3)10-8(13)5-4-6-9(10)14/h4-7,11-12,15H,1-3H3/t11-,12-/m1/s1. The molecule has 0 aliphatic carbocycles. The molecule has 90 valence electrons. The second-order valence-corrected chi connectivity index (χ2v) is 4.84. The summed E-state index contributed by atoms with van der Waals surface area (Å²) in [5.74, 6) is 0.0669. The Kier molecular flexibility index (Phi) is 5.06. The third-order valence-corrected chi connectivity index (χ3v) is 3.19. The fourth-order valence-electron chi connectivity index (χ4n) is 1.56. The van der Waals surface area contributed by atoms with Gasteiger partial charge in [-0.1, -0.05) is 43.1 Å². The van der Waals surface area contributed by atoms with E-state index in [1.807, 2.05) is 13.8 Å². The van der Waals surface area contributed by atoms with Gasteiger partial charge in [0.05, 0.1) is 6.10 Å². The first kappa shape index (κ1) is 13.8. The van der Waals surface area contributed by atoms with E-state index in [9.17, 15) is 5.11 Å². The maximum Gasteiger partial charge on any atom is 0.111 e. The highest BCUT2D eigenvalue weighted by Gasteiger charge is 2.27. The Bertz CT molecular complexity index is 333. The molecule has 0 aliphatic rings. The average molecular weight is 263 g/mol. The van der Waals surface area contributed by atoms with Crippen molar-refractivity contribution in [3.8, 4) is 0 Å². The minimum absolute atomic E-state index is 0.0669. The minimum Gasteiger partial charge on any atom is -0.390 e. The zero-order valence-corrected chi connectivity index (χ0v) is 11.1. The second kappa shape index (κ2) is 5.87. The highest BCUT2D eigenvalue weighted by molar-refractivity contribution is 6.36. The fraction of sp³-hybridized carbons (Fsp3) is 0.500. The van der Waals surface area contributed by atoms with Crippen LogP contribution < -0.4 is 0 Å². The maximum absolute atomic E-state index is 10.0. The molecule has 0 saturated carbocycles. The Morgan fingerprint density at radius 1 is 1.19 bits per heavy atom. The van der Waals surface area contributed by atoms with Gasteiger partial charge < -0.3 is 9.84 Å². The summed E-state index contributed by atoms with van der Waals surface area (Å²) >= 11 is 12.2. The van der Waals surface area contributed by atoms with Crippen molar-refractivity contribution >= 4 is 23.2 Å². The van der Waals surface area contributed by atoms with Crippen LogP contribution in [0.1, 0.15) is 25.5 Å². The molecule has 1 N–H and O–H groups in total. The lowest BCUT2D eigenvalue weighted by atomic mass is 9.96. The molecule has 0 radical (unpaired) electrons. The van der Waals surface area contributed by atoms with Crippen molar-refractivity contribution < 1.29 is 9.84 Å². The summed E-state index contributed by atoms with van der Waals surface area (Å²) in [6, 6.07) is 5.24. The Morgan fingerprint density at radius 2 is 1.69 bits per heavy atom. The molecule has 0 fully saturated rings. The van der Waals surface area contributed by atoms with Crippen molar-refractivity contribution in [1.82, 2.24) is 0 Å². The summed E-state index contributed by atoms with van der Waals surface area (Å²) in [4.78, 5) is 0. The van der Waals surface area contributed by atoms with Crippen LogP contribution in [0.25, 0.3) is 0 Å². The van der Waals surface area contributed by atoms with E-state index in [-0.39, 0.29) is 5.92 Å². The van der Waals surface area contributed by atoms with Gasteiger partial charge in [-0.15, -0.1) is 0 Å². The molecule has 0 bridgehead atoms. The predicted octanol–water partition coefficient (Wildman–Crippen LogP) is 3.70. The zero-order chi connectivity index (χ0) is 12.3. The van der Waals surface area contributed by atoms with Gasteiger partial charge in [-0.05, 0) is 18.1 Å². The van der Waals surface area contributed by atoms with Crippen LogP contribution in [0.15, 0.2) is 18.2 Å². The number of methoxy groups -OCH3 is 1. The van der Waals surface area contributed by atoms with Crippen molar-refractivity contribution in [2.24, 2.45) is 5.92 Å². The molecule has 0 saturated heterocycles. The maximum atomic E-state index is 10.0. The second-order valence-electron chi connectivity index (χ2n) is 4.03. The molecule has 16 heavy (non-hydrogen) atoms. The van der Waals surface area contributed by atoms with E-state index in [4.69, 9.17) is 27.9 Å². The quantitative estimate of drug-likeness (QED) is 0.897. The molecule has 1 aromatic carbocycles. The summed E-state index contributed by atoms with van der Waals surface area (Å²) in [5.41, 5.74) is 0.648. The highest BCUT2D eigenvalue weighted by atomic mass is 35.5. The molecule has 0 aromatic heterocycles. The molecule has 0 heterocycles. The number of benzene rings is 1. The van der Waals surface area contributed by atoms with Crippen LogP contribution in [-0.2, 0) is 4.74 Å². The molecule has 1 aromatic rings. The molecule has 0 aliphatic heterocycles. The van der Waals surface area contributed by atoms with Crippen LogP contribution in [0.3, 0.4) is 0 Å². The average Bonchev–Trinajstić information content (AvgIpc) is 2.22. The number of ether oxygens (including phenoxy) is 1. The predicted molar refractivity (Wildman–Crippen MR) is 67.1 cm³/mol. The number of aliphatic hydroxyl groups is 1. The minimum atomic E-state index is -0.637. The van der Waals surface area contributed by atoms with E-state index in [0.717, 1.165) is 0 Å². The Hall–Kier alpha value is -0.280. The number of halogens is 2. The van der Waals surface area contributed by atoms with Crippen molar-refractivity contribution in [2.75, 3.05) is 7.11 Å². The van der Waals surface area contributed by atoms with Crippen molar-refractivity contribution in [1.29, 1.82) is 0 Å². The smallest absolute Gasteiger partial charge is 0.111 e. The first-order chi connectivity index (χ1) is 7.49. The van der Waals surface area contributed by atoms with Crippen LogP contribution in [0.5, 0.6) is 0 Å². The molecule has 0 amide bonds. The van der Waals surface area contributed by atoms with Gasteiger partial charge >= 0.3 is 0 Å². The van der Waals surface area contributed by atoms with Gasteiger partial charge in [-0.3, -0.25) is 0 Å². The fourth-order valence-corrected chi connectivity index (χ4v) is 2.17. The largest absolute Gasteiger partial charge is 0.390 e. The molecule has 0 spiro atoms.